The van der Waals surface area contributed by atoms with Crippen LogP contribution in [0.1, 0.15) is 25.7 Å². The van der Waals surface area contributed by atoms with E-state index in [0.717, 1.165) is 11.3 Å². The fourth-order valence-corrected chi connectivity index (χ4v) is 6.74. The molecule has 3 aromatic rings. The average molecular weight is 491 g/mol. The molecule has 32 heavy (non-hydrogen) atoms. The van der Waals surface area contributed by atoms with E-state index >= 15 is 0 Å². The van der Waals surface area contributed by atoms with Crippen molar-refractivity contribution in [2.75, 3.05) is 32.8 Å². The zero-order chi connectivity index (χ0) is 22.6. The molecule has 0 radical (unpaired) electrons. The summed E-state index contributed by atoms with van der Waals surface area (Å²) >= 11 is 3.28. The lowest BCUT2D eigenvalue weighted by Gasteiger charge is -2.27. The maximum Gasteiger partial charge on any atom is 0.254 e. The van der Waals surface area contributed by atoms with Gasteiger partial charge < -0.3 is 9.64 Å². The van der Waals surface area contributed by atoms with Crippen LogP contribution in [-0.2, 0) is 27.7 Å². The molecule has 0 bridgehead atoms. The number of ether oxygens (including phenoxy) is 1. The molecule has 3 heterocycles. The molecule has 0 N–H and O–H groups in total. The number of hydrogen-bond acceptors (Lipinski definition) is 6. The fourth-order valence-electron chi connectivity index (χ4n) is 3.66. The Morgan fingerprint density at radius 2 is 1.75 bits per heavy atom. The highest BCUT2D eigenvalue weighted by molar-refractivity contribution is 7.89. The van der Waals surface area contributed by atoms with Gasteiger partial charge in [-0.15, -0.1) is 22.7 Å². The Hall–Kier alpha value is -2.04. The number of nitrogens with zero attached hydrogens (tertiary/aromatic N) is 2. The molecule has 0 saturated carbocycles. The minimum Gasteiger partial charge on any atom is -0.379 e. The lowest BCUT2D eigenvalue weighted by Crippen LogP contribution is -2.41. The van der Waals surface area contributed by atoms with E-state index in [1.54, 1.807) is 46.6 Å². The van der Waals surface area contributed by atoms with Crippen molar-refractivity contribution in [2.45, 2.75) is 24.8 Å². The molecule has 0 unspecified atom stereocenters. The van der Waals surface area contributed by atoms with Gasteiger partial charge in [-0.3, -0.25) is 4.79 Å². The van der Waals surface area contributed by atoms with Crippen LogP contribution in [0.15, 0.2) is 58.1 Å². The van der Waals surface area contributed by atoms with Crippen LogP contribution in [0.4, 0.5) is 0 Å². The van der Waals surface area contributed by atoms with Crippen LogP contribution in [0.5, 0.6) is 0 Å². The molecule has 1 aliphatic rings. The van der Waals surface area contributed by atoms with Crippen molar-refractivity contribution >= 4 is 38.6 Å². The zero-order valence-corrected chi connectivity index (χ0v) is 20.3. The molecule has 1 aromatic carbocycles. The summed E-state index contributed by atoms with van der Waals surface area (Å²) in [5.74, 6) is -0.159. The van der Waals surface area contributed by atoms with Gasteiger partial charge in [-0.1, -0.05) is 18.2 Å². The average Bonchev–Trinajstić information content (AvgIpc) is 3.51. The first-order valence-corrected chi connectivity index (χ1v) is 13.7. The van der Waals surface area contributed by atoms with Gasteiger partial charge in [0.2, 0.25) is 10.0 Å². The predicted molar refractivity (Wildman–Crippen MR) is 128 cm³/mol. The first-order chi connectivity index (χ1) is 15.4. The molecule has 170 valence electrons. The number of amides is 1. The summed E-state index contributed by atoms with van der Waals surface area (Å²) in [6, 6.07) is 13.0. The van der Waals surface area contributed by atoms with E-state index in [2.05, 4.69) is 6.07 Å². The van der Waals surface area contributed by atoms with E-state index in [4.69, 9.17) is 4.74 Å². The molecule has 4 rings (SSSR count). The van der Waals surface area contributed by atoms with E-state index < -0.39 is 10.0 Å². The Labute approximate surface area is 197 Å². The molecule has 6 nitrogen and oxygen atoms in total. The van der Waals surface area contributed by atoms with Crippen molar-refractivity contribution < 1.29 is 17.9 Å². The highest BCUT2D eigenvalue weighted by Gasteiger charge is 2.29. The summed E-state index contributed by atoms with van der Waals surface area (Å²) in [5, 5.41) is 4.03. The third kappa shape index (κ3) is 5.29. The third-order valence-corrected chi connectivity index (χ3v) is 9.28. The molecule has 0 aliphatic carbocycles. The molecule has 1 aliphatic heterocycles. The van der Waals surface area contributed by atoms with Crippen LogP contribution in [0, 0.1) is 6.92 Å². The number of rotatable bonds is 8. The first-order valence-electron chi connectivity index (χ1n) is 10.5. The summed E-state index contributed by atoms with van der Waals surface area (Å²) in [7, 11) is -3.69. The van der Waals surface area contributed by atoms with Crippen LogP contribution in [0.3, 0.4) is 0 Å². The van der Waals surface area contributed by atoms with E-state index in [0.29, 0.717) is 50.5 Å². The second-order valence-corrected chi connectivity index (χ2v) is 11.6. The lowest BCUT2D eigenvalue weighted by molar-refractivity contribution is 0.0729. The molecular formula is C23H26N2O4S3. The number of carbonyl (C=O) groups excluding carboxylic acids is 1. The Kier molecular flexibility index (Phi) is 7.42. The second kappa shape index (κ2) is 10.3. The molecule has 1 saturated heterocycles. The number of aryl methyl sites for hydroxylation is 1. The topological polar surface area (TPSA) is 66.9 Å². The van der Waals surface area contributed by atoms with Crippen molar-refractivity contribution in [1.82, 2.24) is 9.21 Å². The Bertz CT molecular complexity index is 1140. The van der Waals surface area contributed by atoms with Gasteiger partial charge in [0.05, 0.1) is 24.7 Å². The highest BCUT2D eigenvalue weighted by Crippen LogP contribution is 2.24. The molecule has 2 aromatic heterocycles. The van der Waals surface area contributed by atoms with Crippen LogP contribution >= 0.6 is 22.7 Å². The van der Waals surface area contributed by atoms with Crippen molar-refractivity contribution in [3.63, 3.8) is 0 Å². The highest BCUT2D eigenvalue weighted by atomic mass is 32.2. The molecule has 1 amide bonds. The van der Waals surface area contributed by atoms with Crippen molar-refractivity contribution in [2.24, 2.45) is 0 Å². The van der Waals surface area contributed by atoms with Crippen molar-refractivity contribution in [1.29, 1.82) is 0 Å². The molecular weight excluding hydrogens is 464 g/mol. The largest absolute Gasteiger partial charge is 0.379 e. The van der Waals surface area contributed by atoms with E-state index in [-0.39, 0.29) is 10.8 Å². The quantitative estimate of drug-likeness (QED) is 0.478. The molecule has 0 spiro atoms. The maximum absolute atomic E-state index is 13.5. The Morgan fingerprint density at radius 1 is 1.06 bits per heavy atom. The molecule has 9 heteroatoms. The van der Waals surface area contributed by atoms with Gasteiger partial charge in [0.1, 0.15) is 0 Å². The summed E-state index contributed by atoms with van der Waals surface area (Å²) in [6.45, 7) is 4.25. The second-order valence-electron chi connectivity index (χ2n) is 7.63. The number of thiophene rings is 2. The van der Waals surface area contributed by atoms with Gasteiger partial charge in [0.25, 0.3) is 5.91 Å². The minimum absolute atomic E-state index is 0.159. The summed E-state index contributed by atoms with van der Waals surface area (Å²) < 4.78 is 33.2. The van der Waals surface area contributed by atoms with E-state index in [1.807, 2.05) is 29.0 Å². The lowest BCUT2D eigenvalue weighted by atomic mass is 10.1. The summed E-state index contributed by atoms with van der Waals surface area (Å²) in [5.41, 5.74) is 1.03. The van der Waals surface area contributed by atoms with Crippen LogP contribution in [0.2, 0.25) is 0 Å². The van der Waals surface area contributed by atoms with Gasteiger partial charge in [-0.25, -0.2) is 8.42 Å². The SMILES string of the molecule is Cc1ccc(C(=O)N(CCc2cccs2)Cc2cccs2)cc1S(=O)(=O)N1CCOCC1. The van der Waals surface area contributed by atoms with Gasteiger partial charge in [-0.05, 0) is 53.9 Å². The van der Waals surface area contributed by atoms with Crippen molar-refractivity contribution in [3.05, 3.63) is 74.1 Å². The third-order valence-electron chi connectivity index (χ3n) is 5.45. The number of sulfonamides is 1. The minimum atomic E-state index is -3.69. The Balaban J connectivity index is 1.60. The van der Waals surface area contributed by atoms with Crippen LogP contribution in [-0.4, -0.2) is 56.4 Å². The summed E-state index contributed by atoms with van der Waals surface area (Å²) in [6.07, 6.45) is 0.763. The zero-order valence-electron chi connectivity index (χ0n) is 17.9. The van der Waals surface area contributed by atoms with Crippen LogP contribution in [0.25, 0.3) is 0 Å². The van der Waals surface area contributed by atoms with E-state index in [1.165, 1.54) is 15.2 Å². The monoisotopic (exact) mass is 490 g/mol. The number of benzene rings is 1. The number of hydrogen-bond donors (Lipinski definition) is 0. The number of morpholine rings is 1. The molecule has 1 fully saturated rings. The van der Waals surface area contributed by atoms with Gasteiger partial charge in [0, 0.05) is 35.0 Å². The number of carbonyl (C=O) groups is 1. The first kappa shape index (κ1) is 23.1. The Morgan fingerprint density at radius 3 is 2.41 bits per heavy atom. The fraction of sp³-hybridized carbons (Fsp3) is 0.348. The van der Waals surface area contributed by atoms with Gasteiger partial charge in [-0.2, -0.15) is 4.31 Å². The predicted octanol–water partition coefficient (Wildman–Crippen LogP) is 4.02. The normalized spacial score (nSPS) is 15.0. The smallest absolute Gasteiger partial charge is 0.254 e. The standard InChI is InChI=1S/C23H26N2O4S3/c1-18-6-7-19(16-22(18)32(27,28)25-10-12-29-13-11-25)23(26)24(17-21-5-3-15-31-21)9-8-20-4-2-14-30-20/h2-7,14-16H,8-13,17H2,1H3. The van der Waals surface area contributed by atoms with Gasteiger partial charge >= 0.3 is 0 Å². The summed E-state index contributed by atoms with van der Waals surface area (Å²) in [4.78, 5) is 17.8. The van der Waals surface area contributed by atoms with E-state index in [9.17, 15) is 13.2 Å². The van der Waals surface area contributed by atoms with Gasteiger partial charge in [0.15, 0.2) is 0 Å². The van der Waals surface area contributed by atoms with Crippen molar-refractivity contribution in [3.8, 4) is 0 Å². The van der Waals surface area contributed by atoms with Crippen LogP contribution < -0.4 is 0 Å². The maximum atomic E-state index is 13.5. The molecule has 0 atom stereocenters.